The molecule has 0 saturated heterocycles. The van der Waals surface area contributed by atoms with Gasteiger partial charge in [-0.1, -0.05) is 181 Å². The molecule has 0 fully saturated rings. The number of ether oxygens (including phenoxy) is 2. The molecule has 3 unspecified atom stereocenters. The van der Waals surface area contributed by atoms with Crippen molar-refractivity contribution in [3.8, 4) is 0 Å². The summed E-state index contributed by atoms with van der Waals surface area (Å²) < 4.78 is 11.0. The Kier molecular flexibility index (Phi) is 36.6. The monoisotopic (exact) mass is 716 g/mol. The zero-order valence-electron chi connectivity index (χ0n) is 34.7. The Morgan fingerprint density at radius 3 is 1.51 bits per heavy atom. The van der Waals surface area contributed by atoms with Crippen molar-refractivity contribution in [3.63, 3.8) is 0 Å². The molecule has 0 aliphatic rings. The molecule has 0 aliphatic carbocycles. The average molecular weight is 716 g/mol. The minimum Gasteiger partial charge on any atom is -0.466 e. The first-order valence-electron chi connectivity index (χ1n) is 22.0. The highest BCUT2D eigenvalue weighted by Crippen LogP contribution is 2.23. The Bertz CT molecular complexity index is 870. The Labute approximate surface area is 317 Å². The number of carbonyl (C=O) groups excluding carboxylic acids is 2. The Hall–Kier alpha value is -1.80. The second-order valence-electron chi connectivity index (χ2n) is 15.4. The fourth-order valence-corrected chi connectivity index (χ4v) is 7.06. The molecule has 0 aromatic heterocycles. The largest absolute Gasteiger partial charge is 0.466 e. The van der Waals surface area contributed by atoms with Gasteiger partial charge in [0.05, 0.1) is 19.6 Å². The molecule has 0 aromatic carbocycles. The third kappa shape index (κ3) is 33.8. The number of unbranched alkanes of at least 4 members (excludes halogenated alkanes) is 16. The van der Waals surface area contributed by atoms with Crippen LogP contribution in [0.3, 0.4) is 0 Å². The van der Waals surface area contributed by atoms with Gasteiger partial charge in [-0.3, -0.25) is 9.59 Å². The lowest BCUT2D eigenvalue weighted by atomic mass is 9.91. The van der Waals surface area contributed by atoms with Crippen LogP contribution >= 0.6 is 0 Å². The zero-order chi connectivity index (χ0) is 37.6. The van der Waals surface area contributed by atoms with Crippen LogP contribution in [0.4, 0.5) is 0 Å². The van der Waals surface area contributed by atoms with Crippen LogP contribution in [-0.4, -0.2) is 49.7 Å². The van der Waals surface area contributed by atoms with Crippen LogP contribution in [0.15, 0.2) is 24.1 Å². The van der Waals surface area contributed by atoms with Crippen molar-refractivity contribution in [1.29, 1.82) is 0 Å². The topological polar surface area (TPSA) is 55.8 Å². The van der Waals surface area contributed by atoms with Crippen molar-refractivity contribution < 1.29 is 19.1 Å². The van der Waals surface area contributed by atoms with Gasteiger partial charge in [-0.25, -0.2) is 0 Å². The molecule has 5 nitrogen and oxygen atoms in total. The molecule has 0 heterocycles. The van der Waals surface area contributed by atoms with Crippen LogP contribution in [0.5, 0.6) is 0 Å². The van der Waals surface area contributed by atoms with E-state index in [0.29, 0.717) is 32.0 Å². The first-order valence-corrected chi connectivity index (χ1v) is 22.0. The predicted molar refractivity (Wildman–Crippen MR) is 219 cm³/mol. The van der Waals surface area contributed by atoms with Crippen molar-refractivity contribution in [2.75, 3.05) is 32.8 Å². The molecule has 0 N–H and O–H groups in total. The smallest absolute Gasteiger partial charge is 0.306 e. The Balaban J connectivity index is 3.98. The van der Waals surface area contributed by atoms with E-state index in [4.69, 9.17) is 9.47 Å². The van der Waals surface area contributed by atoms with E-state index in [9.17, 15) is 9.59 Å². The van der Waals surface area contributed by atoms with E-state index in [1.54, 1.807) is 0 Å². The summed E-state index contributed by atoms with van der Waals surface area (Å²) in [6, 6.07) is 0. The van der Waals surface area contributed by atoms with Crippen molar-refractivity contribution in [2.24, 2.45) is 17.8 Å². The summed E-state index contributed by atoms with van der Waals surface area (Å²) in [5, 5.41) is 0. The SMILES string of the molecule is C=C=C=CC(CCCC)CC(=O)OCCCCCCCCCCC(CCCCCCCCCCOC(=O)CC(C)CCCC)CCN(CC)CC. The van der Waals surface area contributed by atoms with Crippen molar-refractivity contribution in [2.45, 2.75) is 208 Å². The summed E-state index contributed by atoms with van der Waals surface area (Å²) in [4.78, 5) is 26.8. The van der Waals surface area contributed by atoms with Crippen molar-refractivity contribution in [3.05, 3.63) is 24.1 Å². The Morgan fingerprint density at radius 1 is 0.588 bits per heavy atom. The van der Waals surface area contributed by atoms with E-state index in [0.717, 1.165) is 64.0 Å². The molecule has 5 heteroatoms. The van der Waals surface area contributed by atoms with Gasteiger partial charge in [0, 0.05) is 6.42 Å². The lowest BCUT2D eigenvalue weighted by Crippen LogP contribution is -2.25. The molecule has 0 spiro atoms. The van der Waals surface area contributed by atoms with Gasteiger partial charge in [-0.2, -0.15) is 0 Å². The predicted octanol–water partition coefficient (Wildman–Crippen LogP) is 13.4. The summed E-state index contributed by atoms with van der Waals surface area (Å²) in [6.07, 6.45) is 34.1. The molecule has 0 saturated carbocycles. The van der Waals surface area contributed by atoms with Crippen LogP contribution < -0.4 is 0 Å². The second kappa shape index (κ2) is 37.9. The van der Waals surface area contributed by atoms with E-state index in [1.807, 2.05) is 6.08 Å². The molecular formula is C46H85NO4. The van der Waals surface area contributed by atoms with E-state index in [-0.39, 0.29) is 17.9 Å². The summed E-state index contributed by atoms with van der Waals surface area (Å²) >= 11 is 0. The van der Waals surface area contributed by atoms with Crippen molar-refractivity contribution >= 4 is 11.9 Å². The van der Waals surface area contributed by atoms with Gasteiger partial charge in [0.15, 0.2) is 0 Å². The number of hydrogen-bond donors (Lipinski definition) is 0. The third-order valence-electron chi connectivity index (χ3n) is 10.6. The molecule has 0 aliphatic heterocycles. The molecule has 0 bridgehead atoms. The average Bonchev–Trinajstić information content (AvgIpc) is 3.12. The van der Waals surface area contributed by atoms with Gasteiger partial charge in [0.25, 0.3) is 0 Å². The third-order valence-corrected chi connectivity index (χ3v) is 10.6. The van der Waals surface area contributed by atoms with Gasteiger partial charge < -0.3 is 14.4 Å². The highest BCUT2D eigenvalue weighted by Gasteiger charge is 2.13. The number of hydrogen-bond acceptors (Lipinski definition) is 5. The molecule has 51 heavy (non-hydrogen) atoms. The maximum absolute atomic E-state index is 12.2. The number of nitrogens with zero attached hydrogens (tertiary/aromatic N) is 1. The van der Waals surface area contributed by atoms with E-state index < -0.39 is 0 Å². The molecular weight excluding hydrogens is 631 g/mol. The number of esters is 2. The fourth-order valence-electron chi connectivity index (χ4n) is 7.06. The second-order valence-corrected chi connectivity index (χ2v) is 15.4. The molecule has 0 amide bonds. The minimum absolute atomic E-state index is 0.00697. The quantitative estimate of drug-likeness (QED) is 0.0362. The number of rotatable bonds is 38. The van der Waals surface area contributed by atoms with Crippen LogP contribution in [0, 0.1) is 17.8 Å². The van der Waals surface area contributed by atoms with Crippen LogP contribution in [0.2, 0.25) is 0 Å². The van der Waals surface area contributed by atoms with Crippen LogP contribution in [0.25, 0.3) is 0 Å². The molecule has 0 aromatic rings. The first-order chi connectivity index (χ1) is 24.9. The van der Waals surface area contributed by atoms with Gasteiger partial charge in [-0.15, -0.1) is 0 Å². The number of carbonyl (C=O) groups is 2. The molecule has 0 radical (unpaired) electrons. The fraction of sp³-hybridized carbons (Fsp3) is 0.870. The minimum atomic E-state index is -0.0874. The lowest BCUT2D eigenvalue weighted by Gasteiger charge is -2.23. The molecule has 0 rings (SSSR count). The lowest BCUT2D eigenvalue weighted by molar-refractivity contribution is -0.145. The maximum atomic E-state index is 12.2. The highest BCUT2D eigenvalue weighted by atomic mass is 16.5. The van der Waals surface area contributed by atoms with Gasteiger partial charge in [0.1, 0.15) is 0 Å². The van der Waals surface area contributed by atoms with Crippen LogP contribution in [0.1, 0.15) is 208 Å². The normalized spacial score (nSPS) is 13.0. The van der Waals surface area contributed by atoms with E-state index in [2.05, 4.69) is 57.6 Å². The standard InChI is InChI=1S/C46H85NO4/c1-7-12-31-42(6)40-45(48)50-38-29-25-21-17-15-19-23-27-34-43(36-37-47(10-4)11-5)35-28-24-20-16-18-22-26-30-39-51-46(49)41-44(32-13-8-2)33-14-9-3/h32,42-44H,2,7,9-12,14-31,33-41H2,1,3-6H3. The summed E-state index contributed by atoms with van der Waals surface area (Å²) in [5.41, 5.74) is 5.58. The van der Waals surface area contributed by atoms with E-state index in [1.165, 1.54) is 122 Å². The number of allylic oxidation sites excluding steroid dienone is 1. The van der Waals surface area contributed by atoms with Gasteiger partial charge in [0.2, 0.25) is 0 Å². The first kappa shape index (κ1) is 49.2. The summed E-state index contributed by atoms with van der Waals surface area (Å²) in [5.74, 6) is 1.41. The van der Waals surface area contributed by atoms with E-state index >= 15 is 0 Å². The zero-order valence-corrected chi connectivity index (χ0v) is 34.7. The van der Waals surface area contributed by atoms with Crippen molar-refractivity contribution in [1.82, 2.24) is 4.90 Å². The van der Waals surface area contributed by atoms with Crippen LogP contribution in [-0.2, 0) is 19.1 Å². The summed E-state index contributed by atoms with van der Waals surface area (Å²) in [7, 11) is 0. The maximum Gasteiger partial charge on any atom is 0.306 e. The molecule has 298 valence electrons. The highest BCUT2D eigenvalue weighted by molar-refractivity contribution is 5.70. The summed E-state index contributed by atoms with van der Waals surface area (Å²) in [6.45, 7) is 19.4. The Morgan fingerprint density at radius 2 is 1.04 bits per heavy atom. The van der Waals surface area contributed by atoms with Gasteiger partial charge in [-0.05, 0) is 75.7 Å². The molecule has 3 atom stereocenters. The van der Waals surface area contributed by atoms with Gasteiger partial charge >= 0.3 is 11.9 Å².